The number of pyridine rings is 1. The third-order valence-electron chi connectivity index (χ3n) is 4.77. The smallest absolute Gasteiger partial charge is 0.221 e. The van der Waals surface area contributed by atoms with E-state index in [1.807, 2.05) is 19.1 Å². The number of aromatic nitrogens is 6. The molecule has 4 rings (SSSR count). The molecule has 152 valence electrons. The highest BCUT2D eigenvalue weighted by Gasteiger charge is 2.13. The maximum absolute atomic E-state index is 11.5. The van der Waals surface area contributed by atoms with Crippen molar-refractivity contribution < 1.29 is 4.79 Å². The molecule has 0 atom stereocenters. The zero-order chi connectivity index (χ0) is 22.0. The van der Waals surface area contributed by atoms with Gasteiger partial charge in [0.15, 0.2) is 5.78 Å². The average Bonchev–Trinajstić information content (AvgIpc) is 3.22. The summed E-state index contributed by atoms with van der Waals surface area (Å²) in [5.74, 6) is 0.000479. The van der Waals surface area contributed by atoms with E-state index in [0.717, 1.165) is 11.1 Å². The largest absolute Gasteiger partial charge is 0.368 e. The van der Waals surface area contributed by atoms with Crippen LogP contribution in [-0.4, -0.2) is 35.7 Å². The number of hydrogen-bond acceptors (Lipinski definition) is 8. The third kappa shape index (κ3) is 4.13. The number of hydrogen-bond donors (Lipinski definition) is 1. The Balaban J connectivity index is 1.66. The second-order valence-electron chi connectivity index (χ2n) is 6.96. The summed E-state index contributed by atoms with van der Waals surface area (Å²) in [4.78, 5) is 24.5. The third-order valence-corrected chi connectivity index (χ3v) is 4.77. The van der Waals surface area contributed by atoms with E-state index in [0.29, 0.717) is 40.6 Å². The lowest BCUT2D eigenvalue weighted by atomic mass is 10.00. The quantitative estimate of drug-likeness (QED) is 0.496. The van der Waals surface area contributed by atoms with Crippen molar-refractivity contribution in [3.63, 3.8) is 0 Å². The maximum Gasteiger partial charge on any atom is 0.221 e. The molecule has 4 aromatic rings. The highest BCUT2D eigenvalue weighted by molar-refractivity contribution is 5.92. The van der Waals surface area contributed by atoms with Crippen LogP contribution in [0.15, 0.2) is 48.7 Å². The van der Waals surface area contributed by atoms with Crippen molar-refractivity contribution >= 4 is 11.7 Å². The minimum atomic E-state index is -0.0964. The van der Waals surface area contributed by atoms with Crippen molar-refractivity contribution in [3.05, 3.63) is 71.2 Å². The molecule has 0 bridgehead atoms. The minimum absolute atomic E-state index is 0.0964. The summed E-state index contributed by atoms with van der Waals surface area (Å²) in [6.45, 7) is 3.69. The first-order valence-corrected chi connectivity index (χ1v) is 9.46. The predicted octanol–water partition coefficient (Wildman–Crippen LogP) is 2.81. The van der Waals surface area contributed by atoms with Crippen molar-refractivity contribution in [1.29, 1.82) is 5.26 Å². The monoisotopic (exact) mass is 410 g/mol. The van der Waals surface area contributed by atoms with Crippen molar-refractivity contribution in [2.75, 3.05) is 5.73 Å². The summed E-state index contributed by atoms with van der Waals surface area (Å²) in [6, 6.07) is 14.7. The van der Waals surface area contributed by atoms with E-state index in [1.165, 1.54) is 6.92 Å². The van der Waals surface area contributed by atoms with Crippen LogP contribution in [0.5, 0.6) is 0 Å². The van der Waals surface area contributed by atoms with E-state index in [2.05, 4.69) is 31.3 Å². The zero-order valence-electron chi connectivity index (χ0n) is 16.9. The Bertz CT molecular complexity index is 1340. The van der Waals surface area contributed by atoms with Gasteiger partial charge in [0, 0.05) is 12.5 Å². The lowest BCUT2D eigenvalue weighted by Gasteiger charge is -2.08. The number of benzene rings is 1. The van der Waals surface area contributed by atoms with Gasteiger partial charge in [0.25, 0.3) is 0 Å². The fraction of sp³-hybridized carbons (Fsp3) is 0.136. The van der Waals surface area contributed by atoms with E-state index in [9.17, 15) is 10.1 Å². The van der Waals surface area contributed by atoms with Gasteiger partial charge in [-0.05, 0) is 36.8 Å². The molecule has 0 aliphatic rings. The normalized spacial score (nSPS) is 10.6. The highest BCUT2D eigenvalue weighted by Crippen LogP contribution is 2.27. The second kappa shape index (κ2) is 8.12. The van der Waals surface area contributed by atoms with Gasteiger partial charge < -0.3 is 5.73 Å². The van der Waals surface area contributed by atoms with Crippen molar-refractivity contribution in [2.24, 2.45) is 0 Å². The number of nitriles is 1. The summed E-state index contributed by atoms with van der Waals surface area (Å²) in [5.41, 5.74) is 10.9. The van der Waals surface area contributed by atoms with Crippen molar-refractivity contribution in [1.82, 2.24) is 29.9 Å². The number of ketones is 1. The molecule has 0 radical (unpaired) electrons. The van der Waals surface area contributed by atoms with Crippen LogP contribution >= 0.6 is 0 Å². The van der Waals surface area contributed by atoms with Crippen LogP contribution in [0.1, 0.15) is 34.2 Å². The van der Waals surface area contributed by atoms with Crippen LogP contribution in [0.2, 0.25) is 0 Å². The average molecular weight is 410 g/mol. The lowest BCUT2D eigenvalue weighted by molar-refractivity contribution is 0.101. The van der Waals surface area contributed by atoms with Crippen LogP contribution in [0.4, 0.5) is 5.95 Å². The molecule has 31 heavy (non-hydrogen) atoms. The number of Topliss-reactive ketones (excluding diaryl/α,β-unsaturated/α-hetero) is 1. The lowest BCUT2D eigenvalue weighted by Crippen LogP contribution is -2.05. The first-order valence-electron chi connectivity index (χ1n) is 9.46. The van der Waals surface area contributed by atoms with Gasteiger partial charge in [-0.15, -0.1) is 5.10 Å². The van der Waals surface area contributed by atoms with Gasteiger partial charge in [0.2, 0.25) is 5.95 Å². The molecule has 0 spiro atoms. The van der Waals surface area contributed by atoms with E-state index < -0.39 is 0 Å². The van der Waals surface area contributed by atoms with E-state index in [4.69, 9.17) is 5.73 Å². The van der Waals surface area contributed by atoms with E-state index >= 15 is 0 Å². The van der Waals surface area contributed by atoms with Crippen molar-refractivity contribution in [2.45, 2.75) is 20.4 Å². The van der Waals surface area contributed by atoms with Gasteiger partial charge in [-0.25, -0.2) is 19.6 Å². The molecule has 2 N–H and O–H groups in total. The number of rotatable bonds is 5. The fourth-order valence-electron chi connectivity index (χ4n) is 3.19. The fourth-order valence-corrected chi connectivity index (χ4v) is 3.19. The first-order chi connectivity index (χ1) is 14.9. The number of nitrogen functional groups attached to an aromatic ring is 1. The molecule has 3 aromatic heterocycles. The molecule has 0 fully saturated rings. The molecule has 3 heterocycles. The first kappa shape index (κ1) is 19.8. The van der Waals surface area contributed by atoms with E-state index in [1.54, 1.807) is 41.2 Å². The molecule has 0 unspecified atom stereocenters. The molecule has 0 aliphatic carbocycles. The molecule has 9 nitrogen and oxygen atoms in total. The van der Waals surface area contributed by atoms with Crippen LogP contribution < -0.4 is 5.73 Å². The van der Waals surface area contributed by atoms with Gasteiger partial charge >= 0.3 is 0 Å². The summed E-state index contributed by atoms with van der Waals surface area (Å²) in [6.07, 6.45) is 1.73. The van der Waals surface area contributed by atoms with Crippen molar-refractivity contribution in [3.8, 4) is 28.7 Å². The molecule has 1 aromatic carbocycles. The number of nitrogens with zero attached hydrogens (tertiary/aromatic N) is 7. The van der Waals surface area contributed by atoms with Gasteiger partial charge in [-0.3, -0.25) is 4.79 Å². The Hall–Kier alpha value is -4.45. The molecular formula is C22H18N8O. The maximum atomic E-state index is 11.5. The Kier molecular flexibility index (Phi) is 5.20. The Morgan fingerprint density at radius 3 is 2.65 bits per heavy atom. The number of carbonyl (C=O) groups is 1. The van der Waals surface area contributed by atoms with Gasteiger partial charge in [-0.1, -0.05) is 23.4 Å². The Morgan fingerprint density at radius 2 is 1.87 bits per heavy atom. The SMILES string of the molecule is CC(=O)c1cccc(Cn2cc(-c3cc(-c4cccc(C#N)c4C)nc(N)n3)nn2)n1. The van der Waals surface area contributed by atoms with Crippen LogP contribution in [0.3, 0.4) is 0 Å². The van der Waals surface area contributed by atoms with Gasteiger partial charge in [0.1, 0.15) is 11.4 Å². The topological polar surface area (TPSA) is 136 Å². The molecule has 0 aliphatic heterocycles. The second-order valence-corrected chi connectivity index (χ2v) is 6.96. The highest BCUT2D eigenvalue weighted by atomic mass is 16.1. The molecule has 0 saturated heterocycles. The van der Waals surface area contributed by atoms with Crippen LogP contribution in [-0.2, 0) is 6.54 Å². The Morgan fingerprint density at radius 1 is 1.10 bits per heavy atom. The van der Waals surface area contributed by atoms with Gasteiger partial charge in [0.05, 0.1) is 41.5 Å². The predicted molar refractivity (Wildman–Crippen MR) is 114 cm³/mol. The standard InChI is InChI=1S/C22H18N8O/c1-13-15(10-23)5-3-7-17(13)19-9-20(27-22(24)26-19)21-12-30(29-28-21)11-16-6-4-8-18(25-16)14(2)31/h3-9,12H,11H2,1-2H3,(H2,24,26,27). The summed E-state index contributed by atoms with van der Waals surface area (Å²) >= 11 is 0. The molecule has 9 heteroatoms. The number of anilines is 1. The number of nitrogens with two attached hydrogens (primary N) is 1. The zero-order valence-corrected chi connectivity index (χ0v) is 16.9. The molecule has 0 amide bonds. The van der Waals surface area contributed by atoms with Gasteiger partial charge in [-0.2, -0.15) is 5.26 Å². The van der Waals surface area contributed by atoms with Crippen LogP contribution in [0.25, 0.3) is 22.6 Å². The summed E-state index contributed by atoms with van der Waals surface area (Å²) < 4.78 is 1.61. The molecular weight excluding hydrogens is 392 g/mol. The summed E-state index contributed by atoms with van der Waals surface area (Å²) in [7, 11) is 0. The Labute approximate surface area is 178 Å². The number of carbonyl (C=O) groups excluding carboxylic acids is 1. The molecule has 0 saturated carbocycles. The minimum Gasteiger partial charge on any atom is -0.368 e. The van der Waals surface area contributed by atoms with E-state index in [-0.39, 0.29) is 11.7 Å². The van der Waals surface area contributed by atoms with Crippen LogP contribution in [0, 0.1) is 18.3 Å². The summed E-state index contributed by atoms with van der Waals surface area (Å²) in [5, 5.41) is 17.6.